The van der Waals surface area contributed by atoms with Crippen LogP contribution in [0.25, 0.3) is 0 Å². The third-order valence-electron chi connectivity index (χ3n) is 2.98. The summed E-state index contributed by atoms with van der Waals surface area (Å²) >= 11 is 12.8. The molecule has 4 nitrogen and oxygen atoms in total. The minimum atomic E-state index is -3.50. The number of nitrogens with zero attached hydrogens (tertiary/aromatic N) is 1. The molecule has 0 saturated carbocycles. The van der Waals surface area contributed by atoms with E-state index < -0.39 is 10.0 Å². The van der Waals surface area contributed by atoms with E-state index in [1.807, 2.05) is 7.05 Å². The fraction of sp³-hybridized carbons (Fsp3) is 0.600. The molecule has 9 heteroatoms. The number of thiophene rings is 1. The maximum Gasteiger partial charge on any atom is 0.245 e. The minimum absolute atomic E-state index is 0. The molecule has 0 bridgehead atoms. The number of hydrogen-bond acceptors (Lipinski definition) is 4. The van der Waals surface area contributed by atoms with E-state index in [0.717, 1.165) is 24.3 Å². The summed E-state index contributed by atoms with van der Waals surface area (Å²) in [5.41, 5.74) is 0. The second-order valence-electron chi connectivity index (χ2n) is 4.26. The highest BCUT2D eigenvalue weighted by atomic mass is 35.5. The summed E-state index contributed by atoms with van der Waals surface area (Å²) in [6.07, 6.45) is 0.871. The highest BCUT2D eigenvalue weighted by Gasteiger charge is 2.34. The molecule has 1 atom stereocenters. The lowest BCUT2D eigenvalue weighted by Crippen LogP contribution is -2.30. The van der Waals surface area contributed by atoms with Gasteiger partial charge in [0.05, 0.1) is 4.34 Å². The molecule has 0 radical (unpaired) electrons. The van der Waals surface area contributed by atoms with Crippen molar-refractivity contribution in [2.24, 2.45) is 5.92 Å². The molecule has 0 aromatic carbocycles. The molecule has 1 aromatic rings. The van der Waals surface area contributed by atoms with E-state index in [9.17, 15) is 8.42 Å². The van der Waals surface area contributed by atoms with Crippen LogP contribution in [0.3, 0.4) is 0 Å². The van der Waals surface area contributed by atoms with Crippen molar-refractivity contribution in [2.45, 2.75) is 11.3 Å². The molecule has 0 amide bonds. The van der Waals surface area contributed by atoms with Crippen molar-refractivity contribution >= 4 is 57.0 Å². The Kier molecular flexibility index (Phi) is 6.38. The summed E-state index contributed by atoms with van der Waals surface area (Å²) in [6, 6.07) is 1.43. The number of hydrogen-bond donors (Lipinski definition) is 1. The van der Waals surface area contributed by atoms with Gasteiger partial charge in [0.2, 0.25) is 10.0 Å². The molecule has 2 rings (SSSR count). The van der Waals surface area contributed by atoms with Gasteiger partial charge in [-0.1, -0.05) is 23.2 Å². The average molecular weight is 366 g/mol. The second-order valence-corrected chi connectivity index (χ2v) is 8.46. The molecule has 1 aliphatic heterocycles. The van der Waals surface area contributed by atoms with Gasteiger partial charge in [-0.25, -0.2) is 8.42 Å². The number of rotatable bonds is 4. The second kappa shape index (κ2) is 6.93. The summed E-state index contributed by atoms with van der Waals surface area (Å²) in [5, 5.41) is 3.07. The fourth-order valence-corrected chi connectivity index (χ4v) is 5.75. The van der Waals surface area contributed by atoms with Gasteiger partial charge in [-0.15, -0.1) is 23.7 Å². The van der Waals surface area contributed by atoms with Crippen molar-refractivity contribution < 1.29 is 8.42 Å². The lowest BCUT2D eigenvalue weighted by atomic mass is 10.1. The molecule has 1 saturated heterocycles. The van der Waals surface area contributed by atoms with E-state index >= 15 is 0 Å². The average Bonchev–Trinajstić information content (AvgIpc) is 2.86. The van der Waals surface area contributed by atoms with Gasteiger partial charge >= 0.3 is 0 Å². The van der Waals surface area contributed by atoms with Crippen LogP contribution >= 0.6 is 46.9 Å². The molecule has 1 fully saturated rings. The van der Waals surface area contributed by atoms with Crippen molar-refractivity contribution in [3.8, 4) is 0 Å². The summed E-state index contributed by atoms with van der Waals surface area (Å²) < 4.78 is 26.9. The minimum Gasteiger partial charge on any atom is -0.319 e. The van der Waals surface area contributed by atoms with Crippen LogP contribution in [-0.2, 0) is 10.0 Å². The van der Waals surface area contributed by atoms with Gasteiger partial charge in [-0.05, 0) is 32.0 Å². The van der Waals surface area contributed by atoms with E-state index in [0.29, 0.717) is 23.3 Å². The Balaban J connectivity index is 0.00000180. The zero-order chi connectivity index (χ0) is 13.3. The Morgan fingerprint density at radius 1 is 1.53 bits per heavy atom. The van der Waals surface area contributed by atoms with Crippen molar-refractivity contribution in [3.05, 3.63) is 14.7 Å². The first-order valence-electron chi connectivity index (χ1n) is 5.54. The van der Waals surface area contributed by atoms with Crippen LogP contribution in [0.15, 0.2) is 11.0 Å². The van der Waals surface area contributed by atoms with Crippen LogP contribution in [0.5, 0.6) is 0 Å². The van der Waals surface area contributed by atoms with E-state index in [-0.39, 0.29) is 21.6 Å². The van der Waals surface area contributed by atoms with Gasteiger partial charge in [0.15, 0.2) is 0 Å². The normalized spacial score (nSPS) is 20.5. The molecule has 1 N–H and O–H groups in total. The van der Waals surface area contributed by atoms with Gasteiger partial charge in [0.1, 0.15) is 9.23 Å². The van der Waals surface area contributed by atoms with Crippen LogP contribution in [0, 0.1) is 5.92 Å². The SMILES string of the molecule is CNCC1CCN(S(=O)(=O)c2cc(Cl)sc2Cl)C1.Cl. The topological polar surface area (TPSA) is 49.4 Å². The first kappa shape index (κ1) is 17.5. The fourth-order valence-electron chi connectivity index (χ4n) is 2.11. The first-order chi connectivity index (χ1) is 8.45. The van der Waals surface area contributed by atoms with Crippen molar-refractivity contribution in [1.82, 2.24) is 9.62 Å². The quantitative estimate of drug-likeness (QED) is 0.892. The van der Waals surface area contributed by atoms with E-state index in [1.54, 1.807) is 0 Å². The molecule has 0 spiro atoms. The molecule has 110 valence electrons. The number of nitrogens with one attached hydrogen (secondary N) is 1. The highest BCUT2D eigenvalue weighted by molar-refractivity contribution is 7.89. The zero-order valence-electron chi connectivity index (χ0n) is 10.2. The lowest BCUT2D eigenvalue weighted by molar-refractivity contribution is 0.451. The third-order valence-corrected chi connectivity index (χ3v) is 6.60. The molecule has 0 aliphatic carbocycles. The van der Waals surface area contributed by atoms with Crippen LogP contribution in [0.4, 0.5) is 0 Å². The number of sulfonamides is 1. The summed E-state index contributed by atoms with van der Waals surface area (Å²) in [6.45, 7) is 1.90. The van der Waals surface area contributed by atoms with Crippen molar-refractivity contribution in [1.29, 1.82) is 0 Å². The van der Waals surface area contributed by atoms with Crippen molar-refractivity contribution in [3.63, 3.8) is 0 Å². The molecule has 2 heterocycles. The Morgan fingerprint density at radius 2 is 2.21 bits per heavy atom. The Hall–Kier alpha value is 0.440. The van der Waals surface area contributed by atoms with Gasteiger partial charge in [0, 0.05) is 13.1 Å². The third kappa shape index (κ3) is 3.75. The molecule has 1 aliphatic rings. The molecular weight excluding hydrogens is 351 g/mol. The van der Waals surface area contributed by atoms with Crippen LogP contribution in [-0.4, -0.2) is 39.4 Å². The Morgan fingerprint density at radius 3 is 2.74 bits per heavy atom. The first-order valence-corrected chi connectivity index (χ1v) is 8.56. The molecule has 1 unspecified atom stereocenters. The largest absolute Gasteiger partial charge is 0.319 e. The van der Waals surface area contributed by atoms with Gasteiger partial charge in [0.25, 0.3) is 0 Å². The molecule has 19 heavy (non-hydrogen) atoms. The lowest BCUT2D eigenvalue weighted by Gasteiger charge is -2.15. The summed E-state index contributed by atoms with van der Waals surface area (Å²) in [5.74, 6) is 0.359. The van der Waals surface area contributed by atoms with Crippen LogP contribution in [0.1, 0.15) is 6.42 Å². The van der Waals surface area contributed by atoms with Crippen molar-refractivity contribution in [2.75, 3.05) is 26.7 Å². The maximum absolute atomic E-state index is 12.4. The predicted octanol–water partition coefficient (Wildman–Crippen LogP) is 2.71. The summed E-state index contributed by atoms with van der Waals surface area (Å²) in [4.78, 5) is 0.129. The standard InChI is InChI=1S/C10H14Cl2N2O2S2.ClH/c1-13-5-7-2-3-14(6-7)18(15,16)8-4-9(11)17-10(8)12;/h4,7,13H,2-3,5-6H2,1H3;1H. The van der Waals surface area contributed by atoms with Crippen LogP contribution < -0.4 is 5.32 Å². The van der Waals surface area contributed by atoms with Gasteiger partial charge in [-0.2, -0.15) is 4.31 Å². The molecule has 1 aromatic heterocycles. The number of halogens is 3. The highest BCUT2D eigenvalue weighted by Crippen LogP contribution is 2.37. The van der Waals surface area contributed by atoms with Crippen LogP contribution in [0.2, 0.25) is 8.67 Å². The van der Waals surface area contributed by atoms with E-state index in [4.69, 9.17) is 23.2 Å². The van der Waals surface area contributed by atoms with E-state index in [1.165, 1.54) is 10.4 Å². The Bertz CT molecular complexity index is 533. The smallest absolute Gasteiger partial charge is 0.245 e. The zero-order valence-corrected chi connectivity index (χ0v) is 14.2. The maximum atomic E-state index is 12.4. The molecular formula is C10H15Cl3N2O2S2. The van der Waals surface area contributed by atoms with Gasteiger partial charge in [-0.3, -0.25) is 0 Å². The monoisotopic (exact) mass is 364 g/mol. The Labute approximate surface area is 133 Å². The predicted molar refractivity (Wildman–Crippen MR) is 82.4 cm³/mol. The van der Waals surface area contributed by atoms with Gasteiger partial charge < -0.3 is 5.32 Å². The summed E-state index contributed by atoms with van der Waals surface area (Å²) in [7, 11) is -1.63. The van der Waals surface area contributed by atoms with E-state index in [2.05, 4.69) is 5.32 Å².